The van der Waals surface area contributed by atoms with Crippen LogP contribution in [0.25, 0.3) is 0 Å². The zero-order chi connectivity index (χ0) is 21.6. The van der Waals surface area contributed by atoms with E-state index < -0.39 is 6.36 Å². The first-order valence-electron chi connectivity index (χ1n) is 9.77. The number of rotatable bonds is 7. The van der Waals surface area contributed by atoms with Gasteiger partial charge in [0.2, 0.25) is 0 Å². The second-order valence-corrected chi connectivity index (χ2v) is 7.34. The molecule has 0 spiro atoms. The maximum Gasteiger partial charge on any atom is 0.573 e. The molecular formula is C22H25F3N2O3. The first-order valence-corrected chi connectivity index (χ1v) is 9.77. The lowest BCUT2D eigenvalue weighted by molar-refractivity contribution is -0.274. The summed E-state index contributed by atoms with van der Waals surface area (Å²) >= 11 is 0. The number of methoxy groups -OCH3 is 1. The zero-order valence-electron chi connectivity index (χ0n) is 16.7. The average Bonchev–Trinajstić information content (AvgIpc) is 2.72. The van der Waals surface area contributed by atoms with Crippen molar-refractivity contribution < 1.29 is 27.4 Å². The number of halogens is 3. The Morgan fingerprint density at radius 2 is 1.80 bits per heavy atom. The van der Waals surface area contributed by atoms with E-state index in [2.05, 4.69) is 15.0 Å². The molecule has 5 nitrogen and oxygen atoms in total. The number of carbonyl (C=O) groups is 1. The van der Waals surface area contributed by atoms with Gasteiger partial charge in [0.1, 0.15) is 5.75 Å². The summed E-state index contributed by atoms with van der Waals surface area (Å²) in [6, 6.07) is 14.9. The predicted octanol–water partition coefficient (Wildman–Crippen LogP) is 3.82. The van der Waals surface area contributed by atoms with Crippen molar-refractivity contribution in [2.75, 3.05) is 33.4 Å². The molecule has 1 saturated heterocycles. The minimum Gasteiger partial charge on any atom is -0.406 e. The van der Waals surface area contributed by atoms with Gasteiger partial charge in [0, 0.05) is 38.3 Å². The Balaban J connectivity index is 1.70. The summed E-state index contributed by atoms with van der Waals surface area (Å²) in [6.45, 7) is 2.69. The summed E-state index contributed by atoms with van der Waals surface area (Å²) in [4.78, 5) is 14.8. The molecule has 0 bridgehead atoms. The fourth-order valence-corrected chi connectivity index (χ4v) is 3.74. The van der Waals surface area contributed by atoms with Crippen LogP contribution < -0.4 is 10.1 Å². The third kappa shape index (κ3) is 6.47. The van der Waals surface area contributed by atoms with Gasteiger partial charge < -0.3 is 14.8 Å². The Morgan fingerprint density at radius 1 is 1.10 bits per heavy atom. The maximum absolute atomic E-state index is 12.6. The number of nitrogens with zero attached hydrogens (tertiary/aromatic N) is 1. The van der Waals surface area contributed by atoms with Gasteiger partial charge in [0.15, 0.2) is 0 Å². The van der Waals surface area contributed by atoms with Crippen LogP contribution >= 0.6 is 0 Å². The van der Waals surface area contributed by atoms with Gasteiger partial charge in [-0.05, 0) is 42.2 Å². The van der Waals surface area contributed by atoms with Gasteiger partial charge in [-0.15, -0.1) is 13.2 Å². The van der Waals surface area contributed by atoms with E-state index >= 15 is 0 Å². The molecule has 1 N–H and O–H groups in total. The molecule has 2 aromatic carbocycles. The van der Waals surface area contributed by atoms with Gasteiger partial charge in [-0.25, -0.2) is 0 Å². The molecule has 0 radical (unpaired) electrons. The predicted molar refractivity (Wildman–Crippen MR) is 106 cm³/mol. The number of amides is 1. The molecule has 1 heterocycles. The van der Waals surface area contributed by atoms with Crippen LogP contribution in [0.5, 0.6) is 5.75 Å². The first-order chi connectivity index (χ1) is 14.3. The van der Waals surface area contributed by atoms with Gasteiger partial charge in [-0.3, -0.25) is 9.69 Å². The largest absolute Gasteiger partial charge is 0.573 e. The van der Waals surface area contributed by atoms with Crippen molar-refractivity contribution in [2.24, 2.45) is 0 Å². The van der Waals surface area contributed by atoms with Crippen LogP contribution in [-0.4, -0.2) is 56.6 Å². The zero-order valence-corrected chi connectivity index (χ0v) is 16.7. The molecule has 0 aliphatic carbocycles. The second-order valence-electron chi connectivity index (χ2n) is 7.34. The van der Waals surface area contributed by atoms with Crippen LogP contribution in [0.1, 0.15) is 28.3 Å². The molecule has 0 aromatic heterocycles. The Morgan fingerprint density at radius 3 is 2.43 bits per heavy atom. The monoisotopic (exact) mass is 422 g/mol. The number of likely N-dealkylation sites (tertiary alicyclic amines) is 1. The van der Waals surface area contributed by atoms with Gasteiger partial charge >= 0.3 is 6.36 Å². The molecule has 3 rings (SSSR count). The van der Waals surface area contributed by atoms with E-state index in [1.54, 1.807) is 31.4 Å². The number of nitrogens with one attached hydrogen (secondary N) is 1. The lowest BCUT2D eigenvalue weighted by Gasteiger charge is -2.38. The Hall–Kier alpha value is -2.58. The third-order valence-corrected chi connectivity index (χ3v) is 5.09. The highest BCUT2D eigenvalue weighted by molar-refractivity contribution is 5.94. The van der Waals surface area contributed by atoms with Crippen molar-refractivity contribution in [3.63, 3.8) is 0 Å². The van der Waals surface area contributed by atoms with E-state index in [4.69, 9.17) is 4.74 Å². The Labute approximate surface area is 173 Å². The summed E-state index contributed by atoms with van der Waals surface area (Å²) in [5.41, 5.74) is 1.50. The molecule has 1 fully saturated rings. The van der Waals surface area contributed by atoms with Gasteiger partial charge in [-0.2, -0.15) is 0 Å². The molecule has 2 aromatic rings. The molecule has 1 amide bonds. The van der Waals surface area contributed by atoms with Crippen LogP contribution in [0.3, 0.4) is 0 Å². The van der Waals surface area contributed by atoms with E-state index in [1.165, 1.54) is 12.1 Å². The molecule has 1 aliphatic heterocycles. The van der Waals surface area contributed by atoms with Crippen molar-refractivity contribution in [3.8, 4) is 5.75 Å². The van der Waals surface area contributed by atoms with Crippen LogP contribution in [0, 0.1) is 0 Å². The fourth-order valence-electron chi connectivity index (χ4n) is 3.74. The minimum atomic E-state index is -4.71. The fraction of sp³-hybridized carbons (Fsp3) is 0.409. The van der Waals surface area contributed by atoms with Crippen molar-refractivity contribution in [3.05, 3.63) is 65.7 Å². The van der Waals surface area contributed by atoms with Gasteiger partial charge in [-0.1, -0.05) is 30.3 Å². The van der Waals surface area contributed by atoms with Crippen molar-refractivity contribution in [1.82, 2.24) is 10.2 Å². The minimum absolute atomic E-state index is 0.0663. The number of hydrogen-bond acceptors (Lipinski definition) is 4. The molecule has 1 aliphatic rings. The third-order valence-electron chi connectivity index (χ3n) is 5.09. The second kappa shape index (κ2) is 9.95. The number of alkyl halides is 3. The van der Waals surface area contributed by atoms with Crippen LogP contribution in [-0.2, 0) is 4.74 Å². The number of piperidine rings is 1. The molecule has 0 saturated carbocycles. The van der Waals surface area contributed by atoms with E-state index in [0.717, 1.165) is 12.1 Å². The van der Waals surface area contributed by atoms with Crippen LogP contribution in [0.2, 0.25) is 0 Å². The van der Waals surface area contributed by atoms with E-state index in [0.29, 0.717) is 31.7 Å². The number of carbonyl (C=O) groups excluding carboxylic acids is 1. The van der Waals surface area contributed by atoms with Gasteiger partial charge in [0.25, 0.3) is 5.91 Å². The summed E-state index contributed by atoms with van der Waals surface area (Å²) in [5, 5.41) is 3.09. The molecule has 8 heteroatoms. The molecule has 162 valence electrons. The number of hydrogen-bond donors (Lipinski definition) is 1. The summed E-state index contributed by atoms with van der Waals surface area (Å²) < 4.78 is 46.3. The summed E-state index contributed by atoms with van der Waals surface area (Å²) in [7, 11) is 1.63. The van der Waals surface area contributed by atoms with E-state index in [1.807, 2.05) is 18.2 Å². The van der Waals surface area contributed by atoms with Crippen LogP contribution in [0.15, 0.2) is 54.6 Å². The average molecular weight is 422 g/mol. The molecular weight excluding hydrogens is 397 g/mol. The number of ether oxygens (including phenoxy) is 2. The molecule has 30 heavy (non-hydrogen) atoms. The Bertz CT molecular complexity index is 813. The molecule has 2 unspecified atom stereocenters. The van der Waals surface area contributed by atoms with Gasteiger partial charge in [0.05, 0.1) is 6.61 Å². The maximum atomic E-state index is 12.6. The first kappa shape index (κ1) is 22.1. The Kier molecular flexibility index (Phi) is 7.33. The number of benzene rings is 2. The molecule has 2 atom stereocenters. The normalized spacial score (nSPS) is 20.0. The van der Waals surface area contributed by atoms with Crippen LogP contribution in [0.4, 0.5) is 13.2 Å². The smallest absolute Gasteiger partial charge is 0.406 e. The highest BCUT2D eigenvalue weighted by atomic mass is 19.4. The highest BCUT2D eigenvalue weighted by Gasteiger charge is 2.32. The van der Waals surface area contributed by atoms with Crippen molar-refractivity contribution in [2.45, 2.75) is 24.7 Å². The van der Waals surface area contributed by atoms with E-state index in [-0.39, 0.29) is 23.6 Å². The standard InChI is InChI=1S/C22H25F3N2O3/c1-29-12-11-27-14-18(16-7-9-20(10-8-16)30-22(23,24)25)13-19(15-27)26-21(28)17-5-3-2-4-6-17/h2-10,18-19H,11-15H2,1H3,(H,26,28). The topological polar surface area (TPSA) is 50.8 Å². The van der Waals surface area contributed by atoms with Crippen molar-refractivity contribution >= 4 is 5.91 Å². The summed E-state index contributed by atoms with van der Waals surface area (Å²) in [6.07, 6.45) is -4.02. The lowest BCUT2D eigenvalue weighted by atomic mass is 9.88. The van der Waals surface area contributed by atoms with E-state index in [9.17, 15) is 18.0 Å². The quantitative estimate of drug-likeness (QED) is 0.737. The highest BCUT2D eigenvalue weighted by Crippen LogP contribution is 2.30. The van der Waals surface area contributed by atoms with Crippen molar-refractivity contribution in [1.29, 1.82) is 0 Å². The lowest BCUT2D eigenvalue weighted by Crippen LogP contribution is -2.50. The SMILES string of the molecule is COCCN1CC(NC(=O)c2ccccc2)CC(c2ccc(OC(F)(F)F)cc2)C1. The summed E-state index contributed by atoms with van der Waals surface area (Å²) in [5.74, 6) is -0.314.